The summed E-state index contributed by atoms with van der Waals surface area (Å²) >= 11 is 0. The Morgan fingerprint density at radius 3 is 2.00 bits per heavy atom. The third-order valence-corrected chi connectivity index (χ3v) is 4.85. The van der Waals surface area contributed by atoms with Gasteiger partial charge in [0, 0.05) is 19.3 Å². The first-order valence-electron chi connectivity index (χ1n) is 10.1. The van der Waals surface area contributed by atoms with Crippen molar-refractivity contribution in [2.45, 2.75) is 98.0 Å². The molecular formula is C21H36O6. The topological polar surface area (TPSA) is 86.7 Å². The summed E-state index contributed by atoms with van der Waals surface area (Å²) in [6.45, 7) is 9.19. The van der Waals surface area contributed by atoms with E-state index >= 15 is 0 Å². The highest BCUT2D eigenvalue weighted by molar-refractivity contribution is 5.94. The van der Waals surface area contributed by atoms with Crippen molar-refractivity contribution in [3.63, 3.8) is 0 Å². The highest BCUT2D eigenvalue weighted by Gasteiger charge is 2.55. The number of hydrogen-bond donors (Lipinski definition) is 0. The lowest BCUT2D eigenvalue weighted by molar-refractivity contribution is -0.186. The summed E-state index contributed by atoms with van der Waals surface area (Å²) < 4.78 is 10.8. The predicted octanol–water partition coefficient (Wildman–Crippen LogP) is 4.18. The average molecular weight is 385 g/mol. The van der Waals surface area contributed by atoms with Crippen molar-refractivity contribution in [2.75, 3.05) is 6.61 Å². The quantitative estimate of drug-likeness (QED) is 0.239. The first-order chi connectivity index (χ1) is 12.8. The van der Waals surface area contributed by atoms with Gasteiger partial charge in [0.1, 0.15) is 6.29 Å². The lowest BCUT2D eigenvalue weighted by atomic mass is 9.66. The summed E-state index contributed by atoms with van der Waals surface area (Å²) in [5, 5.41) is 0. The number of hydrogen-bond acceptors (Lipinski definition) is 6. The van der Waals surface area contributed by atoms with Crippen molar-refractivity contribution >= 4 is 24.0 Å². The zero-order chi connectivity index (χ0) is 20.9. The minimum absolute atomic E-state index is 0.170. The van der Waals surface area contributed by atoms with Gasteiger partial charge in [-0.2, -0.15) is 0 Å². The van der Waals surface area contributed by atoms with Crippen LogP contribution in [-0.4, -0.2) is 36.2 Å². The second kappa shape index (κ2) is 12.6. The third kappa shape index (κ3) is 7.07. The molecule has 0 N–H and O–H groups in total. The van der Waals surface area contributed by atoms with E-state index in [1.807, 2.05) is 20.8 Å². The zero-order valence-electron chi connectivity index (χ0n) is 17.6. The summed E-state index contributed by atoms with van der Waals surface area (Å²) in [5.74, 6) is -0.976. The molecule has 6 nitrogen and oxygen atoms in total. The molecular weight excluding hydrogens is 348 g/mol. The second-order valence-electron chi connectivity index (χ2n) is 7.19. The van der Waals surface area contributed by atoms with Gasteiger partial charge in [-0.05, 0) is 39.0 Å². The van der Waals surface area contributed by atoms with Gasteiger partial charge >= 0.3 is 11.9 Å². The van der Waals surface area contributed by atoms with Gasteiger partial charge in [-0.1, -0.05) is 34.1 Å². The minimum atomic E-state index is -1.47. The Labute approximate surface area is 163 Å². The maximum Gasteiger partial charge on any atom is 0.306 e. The van der Waals surface area contributed by atoms with Crippen molar-refractivity contribution in [3.05, 3.63) is 0 Å². The van der Waals surface area contributed by atoms with Crippen LogP contribution < -0.4 is 0 Å². The Morgan fingerprint density at radius 2 is 1.52 bits per heavy atom. The highest BCUT2D eigenvalue weighted by Crippen LogP contribution is 2.43. The molecule has 2 atom stereocenters. The number of ketones is 1. The molecule has 0 saturated carbocycles. The van der Waals surface area contributed by atoms with Gasteiger partial charge in [0.2, 0.25) is 0 Å². The van der Waals surface area contributed by atoms with Gasteiger partial charge < -0.3 is 14.3 Å². The lowest BCUT2D eigenvalue weighted by Gasteiger charge is -2.43. The standard InChI is InChI=1S/C21H36O6/c1-6-11-17(23)21(13-8-3,27-19(25)12-7-2)20(5,16-22)14-10-15-26-18(24)9-4/h16H,6-15H2,1-5H3. The van der Waals surface area contributed by atoms with Crippen molar-refractivity contribution in [1.82, 2.24) is 0 Å². The van der Waals surface area contributed by atoms with Crippen LogP contribution in [0, 0.1) is 5.41 Å². The fourth-order valence-electron chi connectivity index (χ4n) is 3.28. The molecule has 0 spiro atoms. The zero-order valence-corrected chi connectivity index (χ0v) is 17.6. The molecule has 0 aliphatic carbocycles. The molecule has 0 fully saturated rings. The predicted molar refractivity (Wildman–Crippen MR) is 103 cm³/mol. The summed E-state index contributed by atoms with van der Waals surface area (Å²) in [6.07, 6.45) is 4.29. The molecule has 0 saturated heterocycles. The summed E-state index contributed by atoms with van der Waals surface area (Å²) in [6, 6.07) is 0. The van der Waals surface area contributed by atoms with Crippen LogP contribution in [-0.2, 0) is 28.7 Å². The first-order valence-corrected chi connectivity index (χ1v) is 10.1. The molecule has 0 radical (unpaired) electrons. The molecule has 0 bridgehead atoms. The van der Waals surface area contributed by atoms with Crippen molar-refractivity contribution in [1.29, 1.82) is 0 Å². The number of carbonyl (C=O) groups is 4. The van der Waals surface area contributed by atoms with E-state index in [-0.39, 0.29) is 37.6 Å². The molecule has 0 aromatic heterocycles. The largest absolute Gasteiger partial charge is 0.466 e. The Bertz CT molecular complexity index is 501. The normalized spacial score (nSPS) is 15.3. The van der Waals surface area contributed by atoms with Crippen LogP contribution in [0.3, 0.4) is 0 Å². The molecule has 0 rings (SSSR count). The van der Waals surface area contributed by atoms with Crippen molar-refractivity contribution in [2.24, 2.45) is 5.41 Å². The fraction of sp³-hybridized carbons (Fsp3) is 0.810. The van der Waals surface area contributed by atoms with Gasteiger partial charge in [-0.15, -0.1) is 0 Å². The lowest BCUT2D eigenvalue weighted by Crippen LogP contribution is -2.57. The van der Waals surface area contributed by atoms with Crippen LogP contribution in [0.2, 0.25) is 0 Å². The molecule has 0 heterocycles. The number of esters is 2. The number of carbonyl (C=O) groups excluding carboxylic acids is 4. The van der Waals surface area contributed by atoms with Crippen molar-refractivity contribution in [3.8, 4) is 0 Å². The molecule has 0 aromatic rings. The van der Waals surface area contributed by atoms with Crippen molar-refractivity contribution < 1.29 is 28.7 Å². The van der Waals surface area contributed by atoms with Crippen LogP contribution in [0.5, 0.6) is 0 Å². The third-order valence-electron chi connectivity index (χ3n) is 4.85. The number of aldehydes is 1. The first kappa shape index (κ1) is 25.3. The number of Topliss-reactive ketones (excluding diaryl/α,β-unsaturated/α-hetero) is 1. The smallest absolute Gasteiger partial charge is 0.306 e. The van der Waals surface area contributed by atoms with E-state index in [9.17, 15) is 19.2 Å². The Hall–Kier alpha value is -1.72. The molecule has 2 unspecified atom stereocenters. The maximum atomic E-state index is 13.1. The van der Waals surface area contributed by atoms with E-state index in [4.69, 9.17) is 9.47 Å². The summed E-state index contributed by atoms with van der Waals surface area (Å²) in [4.78, 5) is 48.8. The van der Waals surface area contributed by atoms with E-state index < -0.39 is 17.0 Å². The second-order valence-corrected chi connectivity index (χ2v) is 7.19. The Kier molecular flexibility index (Phi) is 11.8. The van der Waals surface area contributed by atoms with Crippen LogP contribution >= 0.6 is 0 Å². The van der Waals surface area contributed by atoms with E-state index in [1.54, 1.807) is 13.8 Å². The Balaban J connectivity index is 5.69. The van der Waals surface area contributed by atoms with Crippen LogP contribution in [0.25, 0.3) is 0 Å². The molecule has 0 aliphatic heterocycles. The SMILES string of the molecule is CCCC(=O)OC(CCC)(C(=O)CCC)C(C)(C=O)CCCOC(=O)CC. The number of rotatable bonds is 15. The van der Waals surface area contributed by atoms with Gasteiger partial charge in [0.05, 0.1) is 12.0 Å². The fourth-order valence-corrected chi connectivity index (χ4v) is 3.28. The minimum Gasteiger partial charge on any atom is -0.466 e. The van der Waals surface area contributed by atoms with Gasteiger partial charge in [0.15, 0.2) is 11.4 Å². The molecule has 0 aromatic carbocycles. The van der Waals surface area contributed by atoms with E-state index in [0.29, 0.717) is 38.5 Å². The molecule has 0 amide bonds. The van der Waals surface area contributed by atoms with Gasteiger partial charge in [-0.25, -0.2) is 0 Å². The summed E-state index contributed by atoms with van der Waals surface area (Å²) in [5.41, 5.74) is -2.64. The van der Waals surface area contributed by atoms with Crippen LogP contribution in [0.1, 0.15) is 92.4 Å². The van der Waals surface area contributed by atoms with Crippen LogP contribution in [0.15, 0.2) is 0 Å². The van der Waals surface area contributed by atoms with Gasteiger partial charge in [0.25, 0.3) is 0 Å². The molecule has 27 heavy (non-hydrogen) atoms. The maximum absolute atomic E-state index is 13.1. The Morgan fingerprint density at radius 1 is 0.889 bits per heavy atom. The van der Waals surface area contributed by atoms with E-state index in [0.717, 1.165) is 6.29 Å². The molecule has 0 aliphatic rings. The van der Waals surface area contributed by atoms with Gasteiger partial charge in [-0.3, -0.25) is 14.4 Å². The number of ether oxygens (including phenoxy) is 2. The molecule has 6 heteroatoms. The average Bonchev–Trinajstić information content (AvgIpc) is 2.64. The summed E-state index contributed by atoms with van der Waals surface area (Å²) in [7, 11) is 0. The molecule has 156 valence electrons. The monoisotopic (exact) mass is 384 g/mol. The van der Waals surface area contributed by atoms with Crippen LogP contribution in [0.4, 0.5) is 0 Å². The van der Waals surface area contributed by atoms with E-state index in [2.05, 4.69) is 0 Å². The van der Waals surface area contributed by atoms with E-state index in [1.165, 1.54) is 0 Å². The highest BCUT2D eigenvalue weighted by atomic mass is 16.6.